The first-order valence-corrected chi connectivity index (χ1v) is 5.68. The molecule has 2 N–H and O–H groups in total. The van der Waals surface area contributed by atoms with Crippen molar-refractivity contribution in [3.63, 3.8) is 0 Å². The molecule has 1 fully saturated rings. The van der Waals surface area contributed by atoms with E-state index < -0.39 is 0 Å². The van der Waals surface area contributed by atoms with Gasteiger partial charge in [0.2, 0.25) is 0 Å². The number of pyridine rings is 1. The Morgan fingerprint density at radius 1 is 1.53 bits per heavy atom. The van der Waals surface area contributed by atoms with Gasteiger partial charge in [0.05, 0.1) is 0 Å². The van der Waals surface area contributed by atoms with Crippen molar-refractivity contribution >= 4 is 23.2 Å². The summed E-state index contributed by atoms with van der Waals surface area (Å²) < 4.78 is 0. The van der Waals surface area contributed by atoms with Crippen LogP contribution in [0.1, 0.15) is 12.0 Å². The zero-order chi connectivity index (χ0) is 10.8. The molecule has 15 heavy (non-hydrogen) atoms. The van der Waals surface area contributed by atoms with E-state index in [1.807, 2.05) is 0 Å². The molecule has 0 bridgehead atoms. The molecule has 0 aromatic carbocycles. The van der Waals surface area contributed by atoms with Crippen LogP contribution >= 0.6 is 23.2 Å². The van der Waals surface area contributed by atoms with Gasteiger partial charge in [-0.25, -0.2) is 4.98 Å². The molecule has 1 aromatic heterocycles. The summed E-state index contributed by atoms with van der Waals surface area (Å²) in [5, 5.41) is 1.11. The van der Waals surface area contributed by atoms with Gasteiger partial charge in [0, 0.05) is 42.5 Å². The molecule has 0 amide bonds. The predicted octanol–water partition coefficient (Wildman–Crippen LogP) is 1.92. The topological polar surface area (TPSA) is 42.1 Å². The van der Waals surface area contributed by atoms with Crippen LogP contribution < -0.4 is 5.73 Å². The summed E-state index contributed by atoms with van der Waals surface area (Å²) in [6, 6.07) is 1.97. The third-order valence-corrected chi connectivity index (χ3v) is 3.16. The van der Waals surface area contributed by atoms with E-state index >= 15 is 0 Å². The number of hydrogen-bond acceptors (Lipinski definition) is 3. The lowest BCUT2D eigenvalue weighted by molar-refractivity contribution is 0.326. The van der Waals surface area contributed by atoms with E-state index in [0.717, 1.165) is 31.6 Å². The minimum atomic E-state index is 0.295. The van der Waals surface area contributed by atoms with Crippen LogP contribution in [0.4, 0.5) is 0 Å². The number of nitrogens with two attached hydrogens (primary N) is 1. The minimum Gasteiger partial charge on any atom is -0.326 e. The van der Waals surface area contributed by atoms with Gasteiger partial charge in [-0.15, -0.1) is 0 Å². The highest BCUT2D eigenvalue weighted by atomic mass is 35.5. The molecular weight excluding hydrogens is 233 g/mol. The van der Waals surface area contributed by atoms with E-state index in [1.54, 1.807) is 12.3 Å². The Morgan fingerprint density at radius 3 is 2.93 bits per heavy atom. The molecular formula is C10H13Cl2N3. The number of nitrogens with zero attached hydrogens (tertiary/aromatic N) is 2. The Kier molecular flexibility index (Phi) is 3.46. The molecule has 0 radical (unpaired) electrons. The van der Waals surface area contributed by atoms with Gasteiger partial charge >= 0.3 is 0 Å². The summed E-state index contributed by atoms with van der Waals surface area (Å²) in [6.07, 6.45) is 2.78. The van der Waals surface area contributed by atoms with Gasteiger partial charge in [0.1, 0.15) is 5.15 Å². The maximum atomic E-state index is 6.06. The first-order chi connectivity index (χ1) is 7.15. The largest absolute Gasteiger partial charge is 0.326 e. The minimum absolute atomic E-state index is 0.295. The first kappa shape index (κ1) is 11.1. The summed E-state index contributed by atoms with van der Waals surface area (Å²) in [5.74, 6) is 0. The van der Waals surface area contributed by atoms with Crippen molar-refractivity contribution in [2.24, 2.45) is 5.73 Å². The Morgan fingerprint density at radius 2 is 2.33 bits per heavy atom. The van der Waals surface area contributed by atoms with Crippen LogP contribution in [0.3, 0.4) is 0 Å². The lowest BCUT2D eigenvalue weighted by Gasteiger charge is -2.15. The fourth-order valence-corrected chi connectivity index (χ4v) is 2.22. The van der Waals surface area contributed by atoms with Crippen LogP contribution in [0.5, 0.6) is 0 Å². The Labute approximate surface area is 99.2 Å². The molecule has 0 unspecified atom stereocenters. The molecule has 82 valence electrons. The van der Waals surface area contributed by atoms with Gasteiger partial charge < -0.3 is 5.73 Å². The highest BCUT2D eigenvalue weighted by Crippen LogP contribution is 2.21. The van der Waals surface area contributed by atoms with Crippen LogP contribution in [0, 0.1) is 0 Å². The van der Waals surface area contributed by atoms with Crippen molar-refractivity contribution in [3.05, 3.63) is 28.0 Å². The molecule has 1 aliphatic rings. The normalized spacial score (nSPS) is 22.2. The van der Waals surface area contributed by atoms with E-state index in [9.17, 15) is 0 Å². The highest BCUT2D eigenvalue weighted by molar-refractivity contribution is 6.34. The Bertz CT molecular complexity index is 357. The maximum absolute atomic E-state index is 6.06. The Hall–Kier alpha value is -0.350. The number of aromatic nitrogens is 1. The quantitative estimate of drug-likeness (QED) is 0.810. The number of likely N-dealkylation sites (tertiary alicyclic amines) is 1. The average molecular weight is 246 g/mol. The summed E-state index contributed by atoms with van der Waals surface area (Å²) in [4.78, 5) is 6.30. The van der Waals surface area contributed by atoms with E-state index in [4.69, 9.17) is 28.9 Å². The van der Waals surface area contributed by atoms with Crippen molar-refractivity contribution in [1.29, 1.82) is 0 Å². The van der Waals surface area contributed by atoms with Crippen molar-refractivity contribution in [3.8, 4) is 0 Å². The van der Waals surface area contributed by atoms with E-state index in [2.05, 4.69) is 9.88 Å². The summed E-state index contributed by atoms with van der Waals surface area (Å²) in [5.41, 5.74) is 6.84. The zero-order valence-corrected chi connectivity index (χ0v) is 9.80. The van der Waals surface area contributed by atoms with Crippen LogP contribution in [-0.2, 0) is 6.54 Å². The van der Waals surface area contributed by atoms with E-state index in [1.165, 1.54) is 0 Å². The van der Waals surface area contributed by atoms with Gasteiger partial charge in [-0.3, -0.25) is 4.90 Å². The molecule has 0 spiro atoms. The van der Waals surface area contributed by atoms with Crippen molar-refractivity contribution < 1.29 is 0 Å². The lowest BCUT2D eigenvalue weighted by atomic mass is 10.2. The second kappa shape index (κ2) is 4.66. The molecule has 2 heterocycles. The molecule has 2 rings (SSSR count). The summed E-state index contributed by atoms with van der Waals surface area (Å²) in [6.45, 7) is 2.76. The summed E-state index contributed by atoms with van der Waals surface area (Å²) in [7, 11) is 0. The second-order valence-corrected chi connectivity index (χ2v) is 4.68. The highest BCUT2D eigenvalue weighted by Gasteiger charge is 2.19. The standard InChI is InChI=1S/C10H13Cl2N3/c11-9-3-10(12)14-4-7(9)5-15-2-1-8(13)6-15/h3-4,8H,1-2,5-6,13H2/t8-/m1/s1. The summed E-state index contributed by atoms with van der Waals surface area (Å²) >= 11 is 11.8. The maximum Gasteiger partial charge on any atom is 0.130 e. The van der Waals surface area contributed by atoms with Gasteiger partial charge in [0.25, 0.3) is 0 Å². The van der Waals surface area contributed by atoms with Gasteiger partial charge in [-0.05, 0) is 12.5 Å². The van der Waals surface area contributed by atoms with Crippen molar-refractivity contribution in [1.82, 2.24) is 9.88 Å². The second-order valence-electron chi connectivity index (χ2n) is 3.88. The van der Waals surface area contributed by atoms with E-state index in [-0.39, 0.29) is 0 Å². The van der Waals surface area contributed by atoms with Gasteiger partial charge in [-0.2, -0.15) is 0 Å². The average Bonchev–Trinajstić information content (AvgIpc) is 2.56. The van der Waals surface area contributed by atoms with Crippen LogP contribution in [0.25, 0.3) is 0 Å². The van der Waals surface area contributed by atoms with E-state index in [0.29, 0.717) is 16.2 Å². The molecule has 1 saturated heterocycles. The monoisotopic (exact) mass is 245 g/mol. The van der Waals surface area contributed by atoms with Crippen LogP contribution in [-0.4, -0.2) is 29.0 Å². The predicted molar refractivity (Wildman–Crippen MR) is 62.1 cm³/mol. The number of rotatable bonds is 2. The van der Waals surface area contributed by atoms with Crippen LogP contribution in [0.2, 0.25) is 10.2 Å². The molecule has 1 atom stereocenters. The van der Waals surface area contributed by atoms with Crippen LogP contribution in [0.15, 0.2) is 12.3 Å². The first-order valence-electron chi connectivity index (χ1n) is 4.93. The molecule has 3 nitrogen and oxygen atoms in total. The van der Waals surface area contributed by atoms with Crippen molar-refractivity contribution in [2.75, 3.05) is 13.1 Å². The third kappa shape index (κ3) is 2.82. The molecule has 1 aromatic rings. The molecule has 0 aliphatic carbocycles. The Balaban J connectivity index is 2.04. The molecule has 0 saturated carbocycles. The third-order valence-electron chi connectivity index (χ3n) is 2.60. The fourth-order valence-electron chi connectivity index (χ4n) is 1.80. The number of hydrogen-bond donors (Lipinski definition) is 1. The van der Waals surface area contributed by atoms with Gasteiger partial charge in [0.15, 0.2) is 0 Å². The van der Waals surface area contributed by atoms with Gasteiger partial charge in [-0.1, -0.05) is 23.2 Å². The lowest BCUT2D eigenvalue weighted by Crippen LogP contribution is -2.26. The number of halogens is 2. The molecule has 5 heteroatoms. The molecule has 1 aliphatic heterocycles. The SMILES string of the molecule is N[C@@H]1CCN(Cc2cnc(Cl)cc2Cl)C1. The zero-order valence-electron chi connectivity index (χ0n) is 8.29. The van der Waals surface area contributed by atoms with Crippen molar-refractivity contribution in [2.45, 2.75) is 19.0 Å². The fraction of sp³-hybridized carbons (Fsp3) is 0.500. The smallest absolute Gasteiger partial charge is 0.130 e.